The first kappa shape index (κ1) is 23.8. The first-order valence-electron chi connectivity index (χ1n) is 10.5. The van der Waals surface area contributed by atoms with Crippen LogP contribution < -0.4 is 10.6 Å². The largest absolute Gasteiger partial charge is 0.479 e. The Kier molecular flexibility index (Phi) is 7.36. The number of nitrogens with one attached hydrogen (secondary N) is 2. The van der Waals surface area contributed by atoms with E-state index in [1.807, 2.05) is 48.5 Å². The van der Waals surface area contributed by atoms with Crippen LogP contribution in [0.4, 0.5) is 4.79 Å². The van der Waals surface area contributed by atoms with Crippen LogP contribution in [0, 0.1) is 11.8 Å². The monoisotopic (exact) mass is 450 g/mol. The Hall–Kier alpha value is -3.83. The number of ether oxygens (including phenoxy) is 1. The summed E-state index contributed by atoms with van der Waals surface area (Å²) in [5.41, 5.74) is 2.40. The number of hydrogen-bond donors (Lipinski definition) is 4. The molecule has 2 aromatic rings. The van der Waals surface area contributed by atoms with Crippen molar-refractivity contribution in [2.24, 2.45) is 0 Å². The molecule has 1 aliphatic carbocycles. The molecule has 172 valence electrons. The molecular weight excluding hydrogens is 424 g/mol. The minimum absolute atomic E-state index is 0.0480. The minimum Gasteiger partial charge on any atom is -0.479 e. The van der Waals surface area contributed by atoms with Crippen molar-refractivity contribution in [2.45, 2.75) is 37.8 Å². The molecule has 0 saturated heterocycles. The van der Waals surface area contributed by atoms with Crippen molar-refractivity contribution in [3.8, 4) is 23.0 Å². The molecule has 0 heterocycles. The Bertz CT molecular complexity index is 1070. The molecule has 2 aromatic carbocycles. The van der Waals surface area contributed by atoms with E-state index in [1.165, 1.54) is 6.92 Å². The SMILES string of the molecule is CC#CCC(NC(=O)OCC1c2ccccc2-c2ccccc21)C(=O)NC(C)(CO)C(=O)O. The third-order valence-corrected chi connectivity index (χ3v) is 5.62. The van der Waals surface area contributed by atoms with Crippen LogP contribution >= 0.6 is 0 Å². The van der Waals surface area contributed by atoms with Crippen LogP contribution in [0.15, 0.2) is 48.5 Å². The van der Waals surface area contributed by atoms with E-state index in [0.717, 1.165) is 22.3 Å². The fourth-order valence-electron chi connectivity index (χ4n) is 3.72. The smallest absolute Gasteiger partial charge is 0.407 e. The Balaban J connectivity index is 1.69. The zero-order chi connectivity index (χ0) is 24.0. The van der Waals surface area contributed by atoms with E-state index in [0.29, 0.717) is 0 Å². The number of rotatable bonds is 8. The first-order valence-corrected chi connectivity index (χ1v) is 10.5. The van der Waals surface area contributed by atoms with Crippen molar-refractivity contribution in [1.29, 1.82) is 0 Å². The lowest BCUT2D eigenvalue weighted by Gasteiger charge is -2.26. The fraction of sp³-hybridized carbons (Fsp3) is 0.320. The van der Waals surface area contributed by atoms with Gasteiger partial charge in [0.05, 0.1) is 6.61 Å². The third-order valence-electron chi connectivity index (χ3n) is 5.62. The van der Waals surface area contributed by atoms with E-state index in [1.54, 1.807) is 6.92 Å². The molecule has 3 rings (SSSR count). The van der Waals surface area contributed by atoms with Gasteiger partial charge in [-0.05, 0) is 36.1 Å². The summed E-state index contributed by atoms with van der Waals surface area (Å²) in [6.07, 6.45) is -0.871. The van der Waals surface area contributed by atoms with Gasteiger partial charge in [-0.3, -0.25) is 4.79 Å². The van der Waals surface area contributed by atoms with Gasteiger partial charge in [0.25, 0.3) is 0 Å². The Morgan fingerprint density at radius 1 is 1.09 bits per heavy atom. The van der Waals surface area contributed by atoms with Gasteiger partial charge in [0.1, 0.15) is 12.6 Å². The van der Waals surface area contributed by atoms with Gasteiger partial charge < -0.3 is 25.6 Å². The van der Waals surface area contributed by atoms with Crippen molar-refractivity contribution < 1.29 is 29.3 Å². The van der Waals surface area contributed by atoms with Crippen molar-refractivity contribution >= 4 is 18.0 Å². The highest BCUT2D eigenvalue weighted by Gasteiger charge is 2.37. The average Bonchev–Trinajstić information content (AvgIpc) is 3.13. The number of aliphatic hydroxyl groups is 1. The fourth-order valence-corrected chi connectivity index (χ4v) is 3.72. The van der Waals surface area contributed by atoms with Gasteiger partial charge in [-0.1, -0.05) is 48.5 Å². The number of aliphatic carboxylic acids is 1. The van der Waals surface area contributed by atoms with E-state index in [2.05, 4.69) is 22.5 Å². The van der Waals surface area contributed by atoms with Crippen LogP contribution in [-0.2, 0) is 14.3 Å². The Morgan fingerprint density at radius 3 is 2.18 bits per heavy atom. The molecule has 8 nitrogen and oxygen atoms in total. The van der Waals surface area contributed by atoms with Crippen molar-refractivity contribution in [3.63, 3.8) is 0 Å². The van der Waals surface area contributed by atoms with Crippen LogP contribution in [0.3, 0.4) is 0 Å². The number of amides is 2. The number of carbonyl (C=O) groups excluding carboxylic acids is 2. The number of carboxylic acids is 1. The summed E-state index contributed by atoms with van der Waals surface area (Å²) in [4.78, 5) is 36.6. The van der Waals surface area contributed by atoms with E-state index < -0.39 is 36.2 Å². The van der Waals surface area contributed by atoms with E-state index in [4.69, 9.17) is 4.74 Å². The van der Waals surface area contributed by atoms with Gasteiger partial charge in [0, 0.05) is 12.3 Å². The summed E-state index contributed by atoms with van der Waals surface area (Å²) in [6.45, 7) is 2.00. The van der Waals surface area contributed by atoms with Gasteiger partial charge in [-0.15, -0.1) is 11.8 Å². The summed E-state index contributed by atoms with van der Waals surface area (Å²) in [7, 11) is 0. The molecule has 0 radical (unpaired) electrons. The Labute approximate surface area is 192 Å². The van der Waals surface area contributed by atoms with Gasteiger partial charge in [-0.2, -0.15) is 0 Å². The van der Waals surface area contributed by atoms with Gasteiger partial charge in [0.2, 0.25) is 5.91 Å². The second-order valence-electron chi connectivity index (χ2n) is 7.94. The molecule has 0 bridgehead atoms. The summed E-state index contributed by atoms with van der Waals surface area (Å²) >= 11 is 0. The summed E-state index contributed by atoms with van der Waals surface area (Å²) in [5.74, 6) is 3.00. The molecular formula is C25H26N2O6. The Morgan fingerprint density at radius 2 is 1.67 bits per heavy atom. The maximum Gasteiger partial charge on any atom is 0.407 e. The molecule has 2 amide bonds. The molecule has 8 heteroatoms. The zero-order valence-electron chi connectivity index (χ0n) is 18.4. The molecule has 0 saturated carbocycles. The van der Waals surface area contributed by atoms with E-state index in [9.17, 15) is 24.6 Å². The predicted octanol–water partition coefficient (Wildman–Crippen LogP) is 2.26. The highest BCUT2D eigenvalue weighted by atomic mass is 16.5. The lowest BCUT2D eigenvalue weighted by Crippen LogP contribution is -2.59. The second kappa shape index (κ2) is 10.2. The molecule has 1 aliphatic rings. The van der Waals surface area contributed by atoms with Crippen LogP contribution in [0.5, 0.6) is 0 Å². The van der Waals surface area contributed by atoms with Gasteiger partial charge in [0.15, 0.2) is 5.54 Å². The average molecular weight is 450 g/mol. The lowest BCUT2D eigenvalue weighted by molar-refractivity contribution is -0.149. The number of carboxylic acid groups (broad SMARTS) is 1. The summed E-state index contributed by atoms with van der Waals surface area (Å²) < 4.78 is 5.46. The second-order valence-corrected chi connectivity index (χ2v) is 7.94. The standard InChI is InChI=1S/C25H26N2O6/c1-3-4-13-21(22(29)27-25(2,15-28)23(30)31)26-24(32)33-14-20-18-11-7-5-9-16(18)17-10-6-8-12-19(17)20/h5-12,20-21,28H,13-15H2,1-2H3,(H,26,32)(H,27,29)(H,30,31). The van der Waals surface area contributed by atoms with Crippen molar-refractivity contribution in [1.82, 2.24) is 10.6 Å². The van der Waals surface area contributed by atoms with Crippen LogP contribution in [0.1, 0.15) is 37.3 Å². The molecule has 4 N–H and O–H groups in total. The van der Waals surface area contributed by atoms with Gasteiger partial charge in [-0.25, -0.2) is 9.59 Å². The lowest BCUT2D eigenvalue weighted by atomic mass is 9.98. The van der Waals surface area contributed by atoms with E-state index in [-0.39, 0.29) is 18.9 Å². The molecule has 0 spiro atoms. The topological polar surface area (TPSA) is 125 Å². The highest BCUT2D eigenvalue weighted by molar-refractivity contribution is 5.91. The normalized spacial score (nSPS) is 14.5. The molecule has 0 aliphatic heterocycles. The molecule has 2 unspecified atom stereocenters. The zero-order valence-corrected chi connectivity index (χ0v) is 18.4. The first-order chi connectivity index (χ1) is 15.8. The molecule has 0 fully saturated rings. The molecule has 2 atom stereocenters. The van der Waals surface area contributed by atoms with Crippen molar-refractivity contribution in [3.05, 3.63) is 59.7 Å². The maximum atomic E-state index is 12.6. The van der Waals surface area contributed by atoms with Gasteiger partial charge >= 0.3 is 12.1 Å². The van der Waals surface area contributed by atoms with Crippen LogP contribution in [0.2, 0.25) is 0 Å². The molecule has 0 aromatic heterocycles. The minimum atomic E-state index is -1.89. The number of aliphatic hydroxyl groups excluding tert-OH is 1. The van der Waals surface area contributed by atoms with Crippen LogP contribution in [0.25, 0.3) is 11.1 Å². The number of carbonyl (C=O) groups is 3. The van der Waals surface area contributed by atoms with E-state index >= 15 is 0 Å². The summed E-state index contributed by atoms with van der Waals surface area (Å²) in [5, 5.41) is 23.4. The highest BCUT2D eigenvalue weighted by Crippen LogP contribution is 2.44. The maximum absolute atomic E-state index is 12.6. The number of hydrogen-bond acceptors (Lipinski definition) is 5. The predicted molar refractivity (Wildman–Crippen MR) is 121 cm³/mol. The van der Waals surface area contributed by atoms with Crippen LogP contribution in [-0.4, -0.2) is 53.0 Å². The molecule has 33 heavy (non-hydrogen) atoms. The third kappa shape index (κ3) is 5.16. The van der Waals surface area contributed by atoms with Crippen molar-refractivity contribution in [2.75, 3.05) is 13.2 Å². The number of benzene rings is 2. The summed E-state index contributed by atoms with van der Waals surface area (Å²) in [6, 6.07) is 14.7. The number of fused-ring (bicyclic) bond motifs is 3. The quantitative estimate of drug-likeness (QED) is 0.457. The number of alkyl carbamates (subject to hydrolysis) is 1.